The van der Waals surface area contributed by atoms with Crippen LogP contribution in [0.3, 0.4) is 0 Å². The first kappa shape index (κ1) is 64.2. The summed E-state index contributed by atoms with van der Waals surface area (Å²) in [5.74, 6) is -10.9. The highest BCUT2D eigenvalue weighted by Gasteiger charge is 2.39. The van der Waals surface area contributed by atoms with Crippen LogP contribution in [0.1, 0.15) is 56.2 Å². The number of aliphatic carboxylic acids is 3. The molecular weight excluding hydrogens is 967 g/mol. The second-order valence-corrected chi connectivity index (χ2v) is 14.2. The number of rotatable bonds is 20. The Morgan fingerprint density at radius 1 is 0.586 bits per heavy atom. The summed E-state index contributed by atoms with van der Waals surface area (Å²) in [6, 6.07) is 12.9. The van der Waals surface area contributed by atoms with Gasteiger partial charge in [0.25, 0.3) is 0 Å². The molecule has 2 rings (SSSR count). The van der Waals surface area contributed by atoms with Gasteiger partial charge in [-0.2, -0.15) is 39.5 Å². The van der Waals surface area contributed by atoms with Gasteiger partial charge in [-0.3, -0.25) is 34.6 Å². The molecule has 0 fully saturated rings. The van der Waals surface area contributed by atoms with Crippen molar-refractivity contribution < 1.29 is 88.4 Å². The van der Waals surface area contributed by atoms with Gasteiger partial charge in [0.2, 0.25) is 23.6 Å². The highest BCUT2D eigenvalue weighted by atomic mass is 19.4. The van der Waals surface area contributed by atoms with E-state index in [1.807, 2.05) is 18.2 Å². The normalized spacial score (nSPS) is 12.1. The van der Waals surface area contributed by atoms with E-state index >= 15 is 0 Å². The second-order valence-electron chi connectivity index (χ2n) is 14.2. The van der Waals surface area contributed by atoms with E-state index in [0.29, 0.717) is 18.4 Å². The summed E-state index contributed by atoms with van der Waals surface area (Å²) < 4.78 is 95.2. The molecule has 0 unspecified atom stereocenters. The maximum atomic E-state index is 13.6. The molecule has 0 heterocycles. The molecule has 4 amide bonds. The average molecular weight is 1020 g/mol. The number of nitrogens with one attached hydrogen (secondary N) is 5. The molecule has 18 N–H and O–H groups in total. The minimum absolute atomic E-state index is 0.0597. The summed E-state index contributed by atoms with van der Waals surface area (Å²) in [4.78, 5) is 88.0. The van der Waals surface area contributed by atoms with Crippen molar-refractivity contribution in [2.24, 2.45) is 44.6 Å². The van der Waals surface area contributed by atoms with Crippen molar-refractivity contribution in [1.29, 1.82) is 5.41 Å². The van der Waals surface area contributed by atoms with Crippen molar-refractivity contribution >= 4 is 59.3 Å². The van der Waals surface area contributed by atoms with E-state index in [-0.39, 0.29) is 68.5 Å². The Hall–Kier alpha value is -7.89. The standard InChI is InChI=1S/C33H50N12O4.3C2HF3O2/c1-20(2)27(45-30(48)25(11-7-17-41-33(38)39)43-26(46)18-21-8-4-3-5-9-21)31(49)44-24(10-6-16-40-32(36)37)29(47)42-19-22-12-14-23(15-13-22)28(34)35;3*3-2(4,5)1(6)7/h3-5,8-9,12-15,20,24-25,27H,6-7,10-11,16-19H2,1-2H3,(H3,34,35)(H,42,47)(H,43,46)(H,44,49)(H,45,48)(H4,36,37,40)(H4,38,39,41);3*(H,6,7)/t24-,25-,27-;;;/m0.../s1. The van der Waals surface area contributed by atoms with Gasteiger partial charge in [0.15, 0.2) is 11.9 Å². The summed E-state index contributed by atoms with van der Waals surface area (Å²) in [6.45, 7) is 4.15. The molecule has 0 spiro atoms. The second kappa shape index (κ2) is 31.2. The number of nitrogen functional groups attached to an aromatic ring is 1. The van der Waals surface area contributed by atoms with Crippen LogP contribution < -0.4 is 49.9 Å². The van der Waals surface area contributed by atoms with E-state index in [4.69, 9.17) is 63.8 Å². The van der Waals surface area contributed by atoms with Crippen LogP contribution in [0, 0.1) is 11.3 Å². The molecule has 0 aliphatic carbocycles. The highest BCUT2D eigenvalue weighted by molar-refractivity contribution is 5.95. The lowest BCUT2D eigenvalue weighted by Crippen LogP contribution is -2.58. The quantitative estimate of drug-likeness (QED) is 0.0380. The first-order chi connectivity index (χ1) is 32.1. The largest absolute Gasteiger partial charge is 0.490 e. The van der Waals surface area contributed by atoms with Gasteiger partial charge in [0, 0.05) is 25.2 Å². The number of carboxylic acids is 3. The topological polar surface area (TPSA) is 407 Å². The average Bonchev–Trinajstić information content (AvgIpc) is 3.23. The van der Waals surface area contributed by atoms with Gasteiger partial charge in [-0.15, -0.1) is 0 Å². The third-order valence-corrected chi connectivity index (χ3v) is 8.09. The van der Waals surface area contributed by atoms with E-state index in [0.717, 1.165) is 11.1 Å². The number of halogens is 9. The van der Waals surface area contributed by atoms with E-state index in [1.54, 1.807) is 50.2 Å². The lowest BCUT2D eigenvalue weighted by atomic mass is 10.0. The molecule has 0 aromatic heterocycles. The van der Waals surface area contributed by atoms with Crippen LogP contribution in [0.2, 0.25) is 0 Å². The lowest BCUT2D eigenvalue weighted by molar-refractivity contribution is -0.193. The number of benzene rings is 2. The fourth-order valence-corrected chi connectivity index (χ4v) is 4.74. The number of carboxylic acid groups (broad SMARTS) is 3. The van der Waals surface area contributed by atoms with Crippen LogP contribution in [0.5, 0.6) is 0 Å². The van der Waals surface area contributed by atoms with E-state index < -0.39 is 72.3 Å². The Bertz CT molecular complexity index is 2020. The first-order valence-electron chi connectivity index (χ1n) is 19.8. The van der Waals surface area contributed by atoms with Crippen LogP contribution in [0.25, 0.3) is 0 Å². The molecule has 31 heteroatoms. The molecule has 0 saturated carbocycles. The zero-order valence-corrected chi connectivity index (χ0v) is 37.0. The number of amides is 4. The summed E-state index contributed by atoms with van der Waals surface area (Å²) in [6.07, 6.45) is -14.0. The number of guanidine groups is 2. The summed E-state index contributed by atoms with van der Waals surface area (Å²) >= 11 is 0. The zero-order chi connectivity index (χ0) is 54.6. The molecule has 0 aliphatic heterocycles. The molecule has 0 bridgehead atoms. The highest BCUT2D eigenvalue weighted by Crippen LogP contribution is 2.15. The predicted molar refractivity (Wildman–Crippen MR) is 231 cm³/mol. The number of hydrogen-bond acceptors (Lipinski definition) is 10. The monoisotopic (exact) mass is 1020 g/mol. The van der Waals surface area contributed by atoms with Gasteiger partial charge in [-0.1, -0.05) is 68.4 Å². The third-order valence-electron chi connectivity index (χ3n) is 8.09. The summed E-state index contributed by atoms with van der Waals surface area (Å²) in [5.41, 5.74) is 29.3. The van der Waals surface area contributed by atoms with Crippen molar-refractivity contribution in [2.75, 3.05) is 13.1 Å². The fourth-order valence-electron chi connectivity index (χ4n) is 4.74. The van der Waals surface area contributed by atoms with E-state index in [9.17, 15) is 58.7 Å². The Morgan fingerprint density at radius 2 is 0.986 bits per heavy atom. The van der Waals surface area contributed by atoms with E-state index in [1.165, 1.54) is 0 Å². The number of nitrogens with two attached hydrogens (primary N) is 5. The molecule has 392 valence electrons. The molecule has 22 nitrogen and oxygen atoms in total. The molecule has 0 aliphatic rings. The summed E-state index contributed by atoms with van der Waals surface area (Å²) in [5, 5.41) is 40.1. The molecule has 0 saturated heterocycles. The van der Waals surface area contributed by atoms with Crippen molar-refractivity contribution in [3.63, 3.8) is 0 Å². The van der Waals surface area contributed by atoms with Crippen LogP contribution in [0.4, 0.5) is 39.5 Å². The molecular formula is C39H53F9N12O10. The van der Waals surface area contributed by atoms with Gasteiger partial charge in [-0.05, 0) is 42.7 Å². The van der Waals surface area contributed by atoms with Gasteiger partial charge < -0.3 is 65.3 Å². The molecule has 2 aromatic carbocycles. The Morgan fingerprint density at radius 3 is 1.34 bits per heavy atom. The molecule has 3 atom stereocenters. The number of hydrogen-bond donors (Lipinski definition) is 13. The van der Waals surface area contributed by atoms with Crippen molar-refractivity contribution in [2.45, 2.75) is 89.2 Å². The lowest BCUT2D eigenvalue weighted by Gasteiger charge is -2.27. The number of carbonyl (C=O) groups is 7. The van der Waals surface area contributed by atoms with Gasteiger partial charge in [0.05, 0.1) is 6.42 Å². The van der Waals surface area contributed by atoms with Crippen LogP contribution in [-0.4, -0.2) is 124 Å². The number of aliphatic imine (C=N–C) groups is 2. The minimum Gasteiger partial charge on any atom is -0.475 e. The first-order valence-corrected chi connectivity index (χ1v) is 19.8. The molecule has 0 radical (unpaired) electrons. The van der Waals surface area contributed by atoms with Gasteiger partial charge in [-0.25, -0.2) is 14.4 Å². The van der Waals surface area contributed by atoms with Crippen LogP contribution in [0.15, 0.2) is 64.6 Å². The maximum Gasteiger partial charge on any atom is 0.490 e. The smallest absolute Gasteiger partial charge is 0.475 e. The number of amidine groups is 1. The van der Waals surface area contributed by atoms with Crippen molar-refractivity contribution in [1.82, 2.24) is 21.3 Å². The van der Waals surface area contributed by atoms with Crippen LogP contribution in [-0.2, 0) is 46.5 Å². The third kappa shape index (κ3) is 30.4. The van der Waals surface area contributed by atoms with Gasteiger partial charge in [0.1, 0.15) is 24.0 Å². The number of nitrogens with zero attached hydrogens (tertiary/aromatic N) is 2. The summed E-state index contributed by atoms with van der Waals surface area (Å²) in [7, 11) is 0. The van der Waals surface area contributed by atoms with Crippen molar-refractivity contribution in [3.8, 4) is 0 Å². The maximum absolute atomic E-state index is 13.6. The Balaban J connectivity index is 0. The SMILES string of the molecule is CC(C)[C@H](NC(=O)[C@H](CCCN=C(N)N)NC(=O)Cc1ccccc1)C(=O)N[C@@H](CCCN=C(N)N)C(=O)NCc1ccc(C(=N)N)cc1.O=C(O)C(F)(F)F.O=C(O)C(F)(F)F.O=C(O)C(F)(F)F. The number of alkyl halides is 9. The Labute approximate surface area is 392 Å². The van der Waals surface area contributed by atoms with Gasteiger partial charge >= 0.3 is 36.4 Å². The zero-order valence-electron chi connectivity index (χ0n) is 37.0. The predicted octanol–water partition coefficient (Wildman–Crippen LogP) is 0.947. The van der Waals surface area contributed by atoms with Crippen LogP contribution >= 0.6 is 0 Å². The molecule has 2 aromatic rings. The molecule has 70 heavy (non-hydrogen) atoms. The van der Waals surface area contributed by atoms with E-state index in [2.05, 4.69) is 31.3 Å². The minimum atomic E-state index is -5.08. The van der Waals surface area contributed by atoms with Crippen molar-refractivity contribution in [3.05, 3.63) is 71.3 Å². The fraction of sp³-hybridized carbons (Fsp3) is 0.436. The number of carbonyl (C=O) groups excluding carboxylic acids is 4. The Kier molecular flexibility index (Phi) is 28.6.